The maximum Gasteiger partial charge on any atom is 0.357 e. The van der Waals surface area contributed by atoms with Gasteiger partial charge >= 0.3 is 5.97 Å². The number of ether oxygens (including phenoxy) is 2. The van der Waals surface area contributed by atoms with Crippen molar-refractivity contribution in [2.75, 3.05) is 19.0 Å². The molecule has 0 saturated heterocycles. The lowest BCUT2D eigenvalue weighted by molar-refractivity contribution is -0.119. The summed E-state index contributed by atoms with van der Waals surface area (Å²) in [5.74, 6) is -0.496. The lowest BCUT2D eigenvalue weighted by Gasteiger charge is -2.07. The highest BCUT2D eigenvalue weighted by atomic mass is 35.5. The molecule has 1 aromatic carbocycles. The number of carbonyl (C=O) groups excluding carboxylic acids is 2. The summed E-state index contributed by atoms with van der Waals surface area (Å²) >= 11 is 5.75. The number of pyridine rings is 1. The quantitative estimate of drug-likeness (QED) is 0.857. The Hall–Kier alpha value is -2.60. The first-order valence-corrected chi connectivity index (χ1v) is 6.69. The van der Waals surface area contributed by atoms with Gasteiger partial charge in [-0.05, 0) is 36.4 Å². The molecule has 0 fully saturated rings. The standard InChI is InChI=1S/C15H13ClN2O4/c1-21-12-4-2-11(3-5-12)18-14(19)9-22-15(20)13-8-10(16)6-7-17-13/h2-8H,9H2,1H3,(H,18,19). The van der Waals surface area contributed by atoms with Crippen molar-refractivity contribution in [3.63, 3.8) is 0 Å². The van der Waals surface area contributed by atoms with Crippen LogP contribution in [0.15, 0.2) is 42.6 Å². The summed E-state index contributed by atoms with van der Waals surface area (Å²) in [6.07, 6.45) is 1.39. The molecule has 0 aliphatic carbocycles. The molecule has 114 valence electrons. The van der Waals surface area contributed by atoms with Crippen molar-refractivity contribution in [3.8, 4) is 5.75 Å². The van der Waals surface area contributed by atoms with Crippen molar-refractivity contribution < 1.29 is 19.1 Å². The van der Waals surface area contributed by atoms with E-state index in [0.29, 0.717) is 16.5 Å². The smallest absolute Gasteiger partial charge is 0.357 e. The number of rotatable bonds is 5. The number of hydrogen-bond donors (Lipinski definition) is 1. The monoisotopic (exact) mass is 320 g/mol. The Balaban J connectivity index is 1.85. The van der Waals surface area contributed by atoms with Gasteiger partial charge in [0.15, 0.2) is 6.61 Å². The van der Waals surface area contributed by atoms with Gasteiger partial charge in [-0.25, -0.2) is 9.78 Å². The number of anilines is 1. The molecule has 1 amide bonds. The summed E-state index contributed by atoms with van der Waals surface area (Å²) in [7, 11) is 1.55. The Labute approximate surface area is 132 Å². The summed E-state index contributed by atoms with van der Waals surface area (Å²) in [5.41, 5.74) is 0.618. The number of amides is 1. The number of nitrogens with zero attached hydrogens (tertiary/aromatic N) is 1. The van der Waals surface area contributed by atoms with Gasteiger partial charge in [-0.3, -0.25) is 4.79 Å². The van der Waals surface area contributed by atoms with Crippen molar-refractivity contribution >= 4 is 29.2 Å². The second-order valence-electron chi connectivity index (χ2n) is 4.21. The first-order chi connectivity index (χ1) is 10.6. The van der Waals surface area contributed by atoms with Crippen LogP contribution < -0.4 is 10.1 Å². The van der Waals surface area contributed by atoms with Gasteiger partial charge < -0.3 is 14.8 Å². The number of methoxy groups -OCH3 is 1. The van der Waals surface area contributed by atoms with Crippen molar-refractivity contribution in [1.82, 2.24) is 4.98 Å². The van der Waals surface area contributed by atoms with E-state index in [1.807, 2.05) is 0 Å². The van der Waals surface area contributed by atoms with Crippen LogP contribution in [0, 0.1) is 0 Å². The molecule has 2 rings (SSSR count). The molecule has 0 aliphatic heterocycles. The number of nitrogens with one attached hydrogen (secondary N) is 1. The van der Waals surface area contributed by atoms with Crippen LogP contribution in [0.25, 0.3) is 0 Å². The van der Waals surface area contributed by atoms with Gasteiger partial charge in [-0.15, -0.1) is 0 Å². The Morgan fingerprint density at radius 2 is 1.95 bits per heavy atom. The molecule has 1 N–H and O–H groups in total. The maximum atomic E-state index is 11.7. The zero-order valence-electron chi connectivity index (χ0n) is 11.7. The van der Waals surface area contributed by atoms with Crippen LogP contribution in [0.4, 0.5) is 5.69 Å². The third-order valence-corrected chi connectivity index (χ3v) is 2.87. The van der Waals surface area contributed by atoms with Gasteiger partial charge in [0.2, 0.25) is 0 Å². The average molecular weight is 321 g/mol. The molecule has 0 radical (unpaired) electrons. The number of aromatic nitrogens is 1. The summed E-state index contributed by atoms with van der Waals surface area (Å²) < 4.78 is 9.88. The van der Waals surface area contributed by atoms with Gasteiger partial charge in [-0.1, -0.05) is 11.6 Å². The van der Waals surface area contributed by atoms with Gasteiger partial charge in [0, 0.05) is 16.9 Å². The highest BCUT2D eigenvalue weighted by molar-refractivity contribution is 6.30. The topological polar surface area (TPSA) is 77.5 Å². The van der Waals surface area contributed by atoms with Crippen molar-refractivity contribution in [3.05, 3.63) is 53.3 Å². The van der Waals surface area contributed by atoms with Crippen LogP contribution in [-0.2, 0) is 9.53 Å². The van der Waals surface area contributed by atoms with Gasteiger partial charge in [0.25, 0.3) is 5.91 Å². The fraction of sp³-hybridized carbons (Fsp3) is 0.133. The molecule has 6 nitrogen and oxygen atoms in total. The van der Waals surface area contributed by atoms with Crippen LogP contribution in [0.3, 0.4) is 0 Å². The third-order valence-electron chi connectivity index (χ3n) is 2.64. The zero-order chi connectivity index (χ0) is 15.9. The van der Waals surface area contributed by atoms with Crippen LogP contribution >= 0.6 is 11.6 Å². The van der Waals surface area contributed by atoms with E-state index in [4.69, 9.17) is 21.1 Å². The van der Waals surface area contributed by atoms with Gasteiger partial charge in [-0.2, -0.15) is 0 Å². The Morgan fingerprint density at radius 3 is 2.59 bits per heavy atom. The average Bonchev–Trinajstić information content (AvgIpc) is 2.53. The minimum absolute atomic E-state index is 0.0461. The highest BCUT2D eigenvalue weighted by Crippen LogP contribution is 2.15. The molecule has 1 heterocycles. The molecular weight excluding hydrogens is 308 g/mol. The van der Waals surface area contributed by atoms with Gasteiger partial charge in [0.05, 0.1) is 7.11 Å². The summed E-state index contributed by atoms with van der Waals surface area (Å²) in [4.78, 5) is 27.2. The molecule has 22 heavy (non-hydrogen) atoms. The maximum absolute atomic E-state index is 11.7. The van der Waals surface area contributed by atoms with Crippen molar-refractivity contribution in [2.24, 2.45) is 0 Å². The molecule has 0 unspecified atom stereocenters. The molecule has 2 aromatic rings. The van der Waals surface area contributed by atoms with Crippen LogP contribution in [-0.4, -0.2) is 30.6 Å². The number of carbonyl (C=O) groups is 2. The molecule has 0 aliphatic rings. The van der Waals surface area contributed by atoms with E-state index < -0.39 is 18.5 Å². The SMILES string of the molecule is COc1ccc(NC(=O)COC(=O)c2cc(Cl)ccn2)cc1. The second-order valence-corrected chi connectivity index (χ2v) is 4.65. The van der Waals surface area contributed by atoms with E-state index in [0.717, 1.165) is 0 Å². The number of esters is 1. The fourth-order valence-electron chi connectivity index (χ4n) is 1.59. The lowest BCUT2D eigenvalue weighted by Crippen LogP contribution is -2.21. The predicted molar refractivity (Wildman–Crippen MR) is 81.2 cm³/mol. The number of hydrogen-bond acceptors (Lipinski definition) is 5. The van der Waals surface area contributed by atoms with E-state index >= 15 is 0 Å². The lowest BCUT2D eigenvalue weighted by atomic mass is 10.3. The number of halogens is 1. The predicted octanol–water partition coefficient (Wildman–Crippen LogP) is 2.54. The number of benzene rings is 1. The third kappa shape index (κ3) is 4.46. The largest absolute Gasteiger partial charge is 0.497 e. The first-order valence-electron chi connectivity index (χ1n) is 6.31. The molecule has 0 bridgehead atoms. The molecule has 1 aromatic heterocycles. The van der Waals surface area contributed by atoms with Crippen molar-refractivity contribution in [2.45, 2.75) is 0 Å². The molecule has 0 spiro atoms. The van der Waals surface area contributed by atoms with Gasteiger partial charge in [0.1, 0.15) is 11.4 Å². The Morgan fingerprint density at radius 1 is 1.23 bits per heavy atom. The zero-order valence-corrected chi connectivity index (χ0v) is 12.5. The molecule has 0 atom stereocenters. The molecule has 7 heteroatoms. The van der Waals surface area contributed by atoms with E-state index in [2.05, 4.69) is 10.3 Å². The second kappa shape index (κ2) is 7.42. The van der Waals surface area contributed by atoms with Crippen LogP contribution in [0.2, 0.25) is 5.02 Å². The van der Waals surface area contributed by atoms with Crippen LogP contribution in [0.5, 0.6) is 5.75 Å². The Kier molecular flexibility index (Phi) is 5.32. The fourth-order valence-corrected chi connectivity index (χ4v) is 1.75. The minimum Gasteiger partial charge on any atom is -0.497 e. The summed E-state index contributed by atoms with van der Waals surface area (Å²) in [5, 5.41) is 2.96. The van der Waals surface area contributed by atoms with E-state index in [-0.39, 0.29) is 5.69 Å². The summed E-state index contributed by atoms with van der Waals surface area (Å²) in [6, 6.07) is 9.67. The molecule has 0 saturated carbocycles. The Bertz CT molecular complexity index is 673. The molecular formula is C15H13ClN2O4. The normalized spacial score (nSPS) is 9.91. The minimum atomic E-state index is -0.715. The van der Waals surface area contributed by atoms with E-state index in [1.54, 1.807) is 31.4 Å². The highest BCUT2D eigenvalue weighted by Gasteiger charge is 2.12. The van der Waals surface area contributed by atoms with Crippen LogP contribution in [0.1, 0.15) is 10.5 Å². The van der Waals surface area contributed by atoms with Crippen molar-refractivity contribution in [1.29, 1.82) is 0 Å². The van der Waals surface area contributed by atoms with E-state index in [1.165, 1.54) is 18.3 Å². The van der Waals surface area contributed by atoms with E-state index in [9.17, 15) is 9.59 Å². The first kappa shape index (κ1) is 15.8. The summed E-state index contributed by atoms with van der Waals surface area (Å²) in [6.45, 7) is -0.418.